The smallest absolute Gasteiger partial charge is 0.244 e. The van der Waals surface area contributed by atoms with Gasteiger partial charge in [0.05, 0.1) is 0 Å². The predicted molar refractivity (Wildman–Crippen MR) is 111 cm³/mol. The number of anilines is 1. The van der Waals surface area contributed by atoms with E-state index >= 15 is 0 Å². The van der Waals surface area contributed by atoms with Crippen LogP contribution in [-0.4, -0.2) is 23.0 Å². The summed E-state index contributed by atoms with van der Waals surface area (Å²) in [6.45, 7) is 4.76. The Hall–Kier alpha value is -3.34. The van der Waals surface area contributed by atoms with Gasteiger partial charge < -0.3 is 14.6 Å². The highest BCUT2D eigenvalue weighted by Gasteiger charge is 2.23. The van der Waals surface area contributed by atoms with Crippen molar-refractivity contribution < 1.29 is 9.53 Å². The normalized spacial score (nSPS) is 15.8. The van der Waals surface area contributed by atoms with Crippen molar-refractivity contribution in [2.24, 2.45) is 4.99 Å². The number of ether oxygens (including phenoxy) is 1. The van der Waals surface area contributed by atoms with Crippen LogP contribution in [0.2, 0.25) is 0 Å². The second kappa shape index (κ2) is 7.72. The fourth-order valence-electron chi connectivity index (χ4n) is 3.34. The quantitative estimate of drug-likeness (QED) is 0.726. The first kappa shape index (κ1) is 18.0. The van der Waals surface area contributed by atoms with Crippen molar-refractivity contribution in [3.63, 3.8) is 0 Å². The maximum Gasteiger partial charge on any atom is 0.244 e. The lowest BCUT2D eigenvalue weighted by molar-refractivity contribution is -0.116. The van der Waals surface area contributed by atoms with E-state index in [1.165, 1.54) is 0 Å². The Labute approximate surface area is 164 Å². The van der Waals surface area contributed by atoms with E-state index in [-0.39, 0.29) is 18.5 Å². The first-order chi connectivity index (χ1) is 13.6. The lowest BCUT2D eigenvalue weighted by atomic mass is 10.1. The molecule has 1 N–H and O–H groups in total. The third-order valence-electron chi connectivity index (χ3n) is 5.08. The molecular formula is C23H23N3O2. The predicted octanol–water partition coefficient (Wildman–Crippen LogP) is 4.26. The molecule has 1 atom stereocenters. The molecule has 142 valence electrons. The van der Waals surface area contributed by atoms with Crippen LogP contribution in [0.4, 0.5) is 5.69 Å². The molecule has 1 aromatic heterocycles. The number of amides is 1. The van der Waals surface area contributed by atoms with E-state index in [2.05, 4.69) is 17.4 Å². The fourth-order valence-corrected chi connectivity index (χ4v) is 3.34. The van der Waals surface area contributed by atoms with Gasteiger partial charge in [-0.05, 0) is 48.7 Å². The maximum absolute atomic E-state index is 12.6. The summed E-state index contributed by atoms with van der Waals surface area (Å²) < 4.78 is 7.70. The number of nitrogens with one attached hydrogen (secondary N) is 1. The number of hydrogen-bond donors (Lipinski definition) is 1. The zero-order chi connectivity index (χ0) is 19.5. The summed E-state index contributed by atoms with van der Waals surface area (Å²) in [5.74, 6) is 0.503. The summed E-state index contributed by atoms with van der Waals surface area (Å²) in [5.41, 5.74) is 5.02. The molecule has 1 aliphatic heterocycles. The number of carbonyl (C=O) groups is 1. The van der Waals surface area contributed by atoms with Gasteiger partial charge in [-0.25, -0.2) is 4.99 Å². The zero-order valence-electron chi connectivity index (χ0n) is 16.1. The lowest BCUT2D eigenvalue weighted by Crippen LogP contribution is -2.21. The molecule has 3 aromatic rings. The van der Waals surface area contributed by atoms with E-state index in [0.29, 0.717) is 12.5 Å². The van der Waals surface area contributed by atoms with Crippen LogP contribution in [0.1, 0.15) is 28.4 Å². The van der Waals surface area contributed by atoms with Crippen LogP contribution in [-0.2, 0) is 16.1 Å². The van der Waals surface area contributed by atoms with Crippen molar-refractivity contribution in [2.75, 3.05) is 11.9 Å². The summed E-state index contributed by atoms with van der Waals surface area (Å²) in [6, 6.07) is 19.8. The van der Waals surface area contributed by atoms with Gasteiger partial charge in [0.2, 0.25) is 11.8 Å². The molecular weight excluding hydrogens is 350 g/mol. The number of hydrogen-bond acceptors (Lipinski definition) is 3. The molecule has 0 bridgehead atoms. The maximum atomic E-state index is 12.6. The molecule has 0 aliphatic carbocycles. The minimum absolute atomic E-state index is 0.0108. The van der Waals surface area contributed by atoms with Crippen molar-refractivity contribution in [1.82, 2.24) is 4.57 Å². The highest BCUT2D eigenvalue weighted by atomic mass is 16.5. The molecule has 0 unspecified atom stereocenters. The fraction of sp³-hybridized carbons (Fsp3) is 0.217. The Bertz CT molecular complexity index is 1020. The molecule has 0 saturated carbocycles. The van der Waals surface area contributed by atoms with Gasteiger partial charge in [0.15, 0.2) is 0 Å². The van der Waals surface area contributed by atoms with E-state index in [1.54, 1.807) is 0 Å². The first-order valence-corrected chi connectivity index (χ1v) is 9.39. The molecule has 5 heteroatoms. The van der Waals surface area contributed by atoms with Crippen LogP contribution in [0.15, 0.2) is 71.9 Å². The lowest BCUT2D eigenvalue weighted by Gasteiger charge is -2.12. The van der Waals surface area contributed by atoms with Crippen molar-refractivity contribution in [2.45, 2.75) is 26.4 Å². The summed E-state index contributed by atoms with van der Waals surface area (Å²) in [6.07, 6.45) is 1.87. The number of aliphatic imine (C=N–C) groups is 1. The average molecular weight is 373 g/mol. The molecule has 1 amide bonds. The van der Waals surface area contributed by atoms with Gasteiger partial charge in [0, 0.05) is 11.9 Å². The van der Waals surface area contributed by atoms with Crippen molar-refractivity contribution in [1.29, 1.82) is 0 Å². The van der Waals surface area contributed by atoms with E-state index < -0.39 is 0 Å². The second-order valence-corrected chi connectivity index (χ2v) is 6.99. The molecule has 2 heterocycles. The molecule has 4 rings (SSSR count). The Morgan fingerprint density at radius 1 is 1.11 bits per heavy atom. The summed E-state index contributed by atoms with van der Waals surface area (Å²) in [7, 11) is 0. The molecule has 0 spiro atoms. The molecule has 0 fully saturated rings. The van der Waals surface area contributed by atoms with E-state index in [9.17, 15) is 4.79 Å². The second-order valence-electron chi connectivity index (χ2n) is 6.99. The molecule has 28 heavy (non-hydrogen) atoms. The van der Waals surface area contributed by atoms with Gasteiger partial charge >= 0.3 is 0 Å². The van der Waals surface area contributed by atoms with Gasteiger partial charge in [-0.1, -0.05) is 42.5 Å². The third-order valence-corrected chi connectivity index (χ3v) is 5.08. The summed E-state index contributed by atoms with van der Waals surface area (Å²) in [4.78, 5) is 17.3. The van der Waals surface area contributed by atoms with Crippen LogP contribution >= 0.6 is 0 Å². The van der Waals surface area contributed by atoms with Crippen LogP contribution < -0.4 is 5.32 Å². The van der Waals surface area contributed by atoms with E-state index in [4.69, 9.17) is 9.73 Å². The van der Waals surface area contributed by atoms with Gasteiger partial charge in [0.25, 0.3) is 0 Å². The van der Waals surface area contributed by atoms with Crippen molar-refractivity contribution in [3.05, 3.63) is 89.2 Å². The standard InChI is InChI=1S/C23H23N3O2/c1-16-8-6-11-19(17(16)2)24-22(27)14-26-13-7-12-21(26)23-25-20(15-28-23)18-9-4-3-5-10-18/h3-13,20H,14-15H2,1-2H3,(H,24,27)/t20-/m0/s1. The van der Waals surface area contributed by atoms with Gasteiger partial charge in [-0.15, -0.1) is 0 Å². The Balaban J connectivity index is 1.49. The zero-order valence-corrected chi connectivity index (χ0v) is 16.1. The largest absolute Gasteiger partial charge is 0.474 e. The van der Waals surface area contributed by atoms with Crippen molar-refractivity contribution in [3.8, 4) is 0 Å². The number of benzene rings is 2. The number of aromatic nitrogens is 1. The van der Waals surface area contributed by atoms with Gasteiger partial charge in [-0.3, -0.25) is 4.79 Å². The van der Waals surface area contributed by atoms with Crippen molar-refractivity contribution >= 4 is 17.5 Å². The van der Waals surface area contributed by atoms with Crippen LogP contribution in [0, 0.1) is 13.8 Å². The number of carbonyl (C=O) groups excluding carboxylic acids is 1. The van der Waals surface area contributed by atoms with E-state index in [1.807, 2.05) is 73.1 Å². The molecule has 0 radical (unpaired) electrons. The van der Waals surface area contributed by atoms with Crippen LogP contribution in [0.5, 0.6) is 0 Å². The summed E-state index contributed by atoms with van der Waals surface area (Å²) >= 11 is 0. The van der Waals surface area contributed by atoms with Gasteiger partial charge in [0.1, 0.15) is 24.9 Å². The van der Waals surface area contributed by atoms with Crippen LogP contribution in [0.25, 0.3) is 0 Å². The minimum Gasteiger partial charge on any atom is -0.474 e. The first-order valence-electron chi connectivity index (χ1n) is 9.39. The van der Waals surface area contributed by atoms with Gasteiger partial charge in [-0.2, -0.15) is 0 Å². The Morgan fingerprint density at radius 3 is 2.75 bits per heavy atom. The number of nitrogens with zero attached hydrogens (tertiary/aromatic N) is 2. The number of aryl methyl sites for hydroxylation is 1. The average Bonchev–Trinajstić information content (AvgIpc) is 3.35. The van der Waals surface area contributed by atoms with E-state index in [0.717, 1.165) is 28.1 Å². The number of rotatable bonds is 5. The highest BCUT2D eigenvalue weighted by Crippen LogP contribution is 2.25. The minimum atomic E-state index is -0.0793. The van der Waals surface area contributed by atoms with Crippen LogP contribution in [0.3, 0.4) is 0 Å². The molecule has 5 nitrogen and oxygen atoms in total. The highest BCUT2D eigenvalue weighted by molar-refractivity contribution is 5.96. The third kappa shape index (κ3) is 3.69. The summed E-state index contributed by atoms with van der Waals surface area (Å²) in [5, 5.41) is 3.00. The molecule has 2 aromatic carbocycles. The topological polar surface area (TPSA) is 55.6 Å². The Kier molecular flexibility index (Phi) is 4.98. The SMILES string of the molecule is Cc1cccc(NC(=O)Cn2cccc2C2=N[C@H](c3ccccc3)CO2)c1C. The molecule has 0 saturated heterocycles. The monoisotopic (exact) mass is 373 g/mol. The molecule has 1 aliphatic rings. The Morgan fingerprint density at radius 2 is 1.93 bits per heavy atom.